The van der Waals surface area contributed by atoms with E-state index in [0.29, 0.717) is 5.57 Å². The number of carbonyl (C=O) groups is 1. The third kappa shape index (κ3) is 3.73. The van der Waals surface area contributed by atoms with Crippen LogP contribution in [0, 0.1) is 5.41 Å². The van der Waals surface area contributed by atoms with Crippen LogP contribution >= 0.6 is 0 Å². The van der Waals surface area contributed by atoms with Crippen LogP contribution in [-0.2, 0) is 9.53 Å². The number of hydrogen-bond donors (Lipinski definition) is 0. The summed E-state index contributed by atoms with van der Waals surface area (Å²) in [7, 11) is 0. The van der Waals surface area contributed by atoms with Crippen LogP contribution in [0.1, 0.15) is 46.3 Å². The monoisotopic (exact) mass is 246 g/mol. The SMILES string of the molecule is CC=C(C(=O)OC(C)c1ccccc1)C(C)(C)C. The van der Waals surface area contributed by atoms with Crippen LogP contribution in [0.15, 0.2) is 42.0 Å². The molecule has 0 N–H and O–H groups in total. The van der Waals surface area contributed by atoms with E-state index in [4.69, 9.17) is 4.74 Å². The van der Waals surface area contributed by atoms with E-state index in [-0.39, 0.29) is 17.5 Å². The van der Waals surface area contributed by atoms with E-state index in [1.165, 1.54) is 0 Å². The lowest BCUT2D eigenvalue weighted by atomic mass is 9.86. The summed E-state index contributed by atoms with van der Waals surface area (Å²) < 4.78 is 5.51. The van der Waals surface area contributed by atoms with Crippen LogP contribution < -0.4 is 0 Å². The Morgan fingerprint density at radius 3 is 2.22 bits per heavy atom. The van der Waals surface area contributed by atoms with Gasteiger partial charge in [-0.05, 0) is 24.8 Å². The van der Waals surface area contributed by atoms with Gasteiger partial charge in [-0.15, -0.1) is 0 Å². The molecule has 0 aliphatic heterocycles. The van der Waals surface area contributed by atoms with Crippen molar-refractivity contribution < 1.29 is 9.53 Å². The van der Waals surface area contributed by atoms with Gasteiger partial charge in [-0.3, -0.25) is 0 Å². The predicted molar refractivity (Wildman–Crippen MR) is 74.2 cm³/mol. The Morgan fingerprint density at radius 1 is 1.22 bits per heavy atom. The molecule has 1 aromatic carbocycles. The molecule has 0 heterocycles. The largest absolute Gasteiger partial charge is 0.454 e. The molecule has 0 saturated carbocycles. The second kappa shape index (κ2) is 5.85. The van der Waals surface area contributed by atoms with Crippen molar-refractivity contribution in [2.24, 2.45) is 5.41 Å². The van der Waals surface area contributed by atoms with Gasteiger partial charge in [-0.25, -0.2) is 4.79 Å². The highest BCUT2D eigenvalue weighted by atomic mass is 16.5. The first kappa shape index (κ1) is 14.5. The summed E-state index contributed by atoms with van der Waals surface area (Å²) in [5, 5.41) is 0. The molecule has 98 valence electrons. The number of hydrogen-bond acceptors (Lipinski definition) is 2. The molecule has 0 aliphatic rings. The Morgan fingerprint density at radius 2 is 1.78 bits per heavy atom. The van der Waals surface area contributed by atoms with Crippen molar-refractivity contribution in [2.45, 2.75) is 40.7 Å². The zero-order chi connectivity index (χ0) is 13.8. The molecule has 1 unspecified atom stereocenters. The number of rotatable bonds is 3. The molecule has 0 saturated heterocycles. The Bertz CT molecular complexity index is 424. The summed E-state index contributed by atoms with van der Waals surface area (Å²) in [4.78, 5) is 12.1. The molecular formula is C16H22O2. The fourth-order valence-corrected chi connectivity index (χ4v) is 1.87. The Kier molecular flexibility index (Phi) is 4.71. The standard InChI is InChI=1S/C16H22O2/c1-6-14(16(3,4)5)15(17)18-12(2)13-10-8-7-9-11-13/h6-12H,1-5H3. The van der Waals surface area contributed by atoms with Crippen molar-refractivity contribution in [1.29, 1.82) is 0 Å². The number of ether oxygens (including phenoxy) is 1. The summed E-state index contributed by atoms with van der Waals surface area (Å²) in [6, 6.07) is 9.76. The van der Waals surface area contributed by atoms with Gasteiger partial charge in [0.1, 0.15) is 6.10 Å². The van der Waals surface area contributed by atoms with E-state index in [0.717, 1.165) is 5.56 Å². The van der Waals surface area contributed by atoms with Crippen LogP contribution in [0.2, 0.25) is 0 Å². The van der Waals surface area contributed by atoms with Gasteiger partial charge in [-0.2, -0.15) is 0 Å². The third-order valence-electron chi connectivity index (χ3n) is 2.87. The van der Waals surface area contributed by atoms with Gasteiger partial charge in [0.05, 0.1) is 0 Å². The third-order valence-corrected chi connectivity index (χ3v) is 2.87. The maximum absolute atomic E-state index is 12.1. The lowest BCUT2D eigenvalue weighted by molar-refractivity contribution is -0.145. The molecule has 1 rings (SSSR count). The van der Waals surface area contributed by atoms with E-state index >= 15 is 0 Å². The summed E-state index contributed by atoms with van der Waals surface area (Å²) in [6.07, 6.45) is 1.61. The van der Waals surface area contributed by atoms with Gasteiger partial charge in [0.15, 0.2) is 0 Å². The number of esters is 1. The molecule has 2 heteroatoms. The minimum atomic E-state index is -0.235. The molecule has 0 spiro atoms. The second-order valence-corrected chi connectivity index (χ2v) is 5.41. The summed E-state index contributed by atoms with van der Waals surface area (Å²) in [5.74, 6) is -0.235. The lowest BCUT2D eigenvalue weighted by Crippen LogP contribution is -2.21. The Balaban J connectivity index is 2.77. The van der Waals surface area contributed by atoms with Crippen LogP contribution in [0.3, 0.4) is 0 Å². The molecule has 18 heavy (non-hydrogen) atoms. The number of allylic oxidation sites excluding steroid dienone is 1. The minimum Gasteiger partial charge on any atom is -0.454 e. The van der Waals surface area contributed by atoms with E-state index < -0.39 is 0 Å². The number of benzene rings is 1. The highest BCUT2D eigenvalue weighted by Gasteiger charge is 2.25. The fourth-order valence-electron chi connectivity index (χ4n) is 1.87. The average molecular weight is 246 g/mol. The molecule has 0 fully saturated rings. The van der Waals surface area contributed by atoms with Crippen molar-refractivity contribution in [3.8, 4) is 0 Å². The first-order chi connectivity index (χ1) is 8.36. The van der Waals surface area contributed by atoms with Gasteiger partial charge < -0.3 is 4.74 Å². The van der Waals surface area contributed by atoms with Gasteiger partial charge in [-0.1, -0.05) is 57.2 Å². The highest BCUT2D eigenvalue weighted by molar-refractivity contribution is 5.89. The topological polar surface area (TPSA) is 26.3 Å². The molecule has 0 amide bonds. The van der Waals surface area contributed by atoms with E-state index in [1.807, 2.05) is 71.0 Å². The maximum atomic E-state index is 12.1. The first-order valence-corrected chi connectivity index (χ1v) is 6.29. The van der Waals surface area contributed by atoms with Crippen LogP contribution in [0.5, 0.6) is 0 Å². The Hall–Kier alpha value is -1.57. The lowest BCUT2D eigenvalue weighted by Gasteiger charge is -2.23. The molecule has 0 aromatic heterocycles. The van der Waals surface area contributed by atoms with E-state index in [1.54, 1.807) is 0 Å². The zero-order valence-electron chi connectivity index (χ0n) is 11.9. The van der Waals surface area contributed by atoms with Crippen LogP contribution in [-0.4, -0.2) is 5.97 Å². The minimum absolute atomic E-state index is 0.192. The normalized spacial score (nSPS) is 14.2. The van der Waals surface area contributed by atoms with Crippen LogP contribution in [0.25, 0.3) is 0 Å². The average Bonchev–Trinajstić information content (AvgIpc) is 2.29. The van der Waals surface area contributed by atoms with Crippen molar-refractivity contribution in [1.82, 2.24) is 0 Å². The molecule has 0 bridgehead atoms. The van der Waals surface area contributed by atoms with Crippen molar-refractivity contribution in [2.75, 3.05) is 0 Å². The van der Waals surface area contributed by atoms with Crippen molar-refractivity contribution >= 4 is 5.97 Å². The van der Waals surface area contributed by atoms with Gasteiger partial charge >= 0.3 is 5.97 Å². The smallest absolute Gasteiger partial charge is 0.334 e. The van der Waals surface area contributed by atoms with Gasteiger partial charge in [0.2, 0.25) is 0 Å². The summed E-state index contributed by atoms with van der Waals surface area (Å²) in [6.45, 7) is 9.79. The maximum Gasteiger partial charge on any atom is 0.334 e. The Labute approximate surface area is 110 Å². The van der Waals surface area contributed by atoms with E-state index in [2.05, 4.69) is 0 Å². The summed E-state index contributed by atoms with van der Waals surface area (Å²) in [5.41, 5.74) is 1.53. The quantitative estimate of drug-likeness (QED) is 0.587. The molecule has 0 radical (unpaired) electrons. The molecule has 1 aromatic rings. The van der Waals surface area contributed by atoms with E-state index in [9.17, 15) is 4.79 Å². The second-order valence-electron chi connectivity index (χ2n) is 5.41. The van der Waals surface area contributed by atoms with Gasteiger partial charge in [0.25, 0.3) is 0 Å². The highest BCUT2D eigenvalue weighted by Crippen LogP contribution is 2.28. The molecule has 0 aliphatic carbocycles. The van der Waals surface area contributed by atoms with Gasteiger partial charge in [0, 0.05) is 5.57 Å². The first-order valence-electron chi connectivity index (χ1n) is 6.29. The number of carbonyl (C=O) groups excluding carboxylic acids is 1. The van der Waals surface area contributed by atoms with Crippen molar-refractivity contribution in [3.63, 3.8) is 0 Å². The molecular weight excluding hydrogens is 224 g/mol. The predicted octanol–water partition coefficient (Wildman–Crippen LogP) is 4.28. The molecule has 1 atom stereocenters. The fraction of sp³-hybridized carbons (Fsp3) is 0.438. The summed E-state index contributed by atoms with van der Waals surface area (Å²) >= 11 is 0. The van der Waals surface area contributed by atoms with Crippen LogP contribution in [0.4, 0.5) is 0 Å². The van der Waals surface area contributed by atoms with Crippen molar-refractivity contribution in [3.05, 3.63) is 47.5 Å². The zero-order valence-corrected chi connectivity index (χ0v) is 11.9. The molecule has 2 nitrogen and oxygen atoms in total.